The molecule has 394 valence electrons. The van der Waals surface area contributed by atoms with E-state index in [1.54, 1.807) is 0 Å². The zero-order valence-electron chi connectivity index (χ0n) is 44.1. The van der Waals surface area contributed by atoms with Gasteiger partial charge in [0.25, 0.3) is 0 Å². The van der Waals surface area contributed by atoms with Gasteiger partial charge in [0.1, 0.15) is 6.10 Å². The first kappa shape index (κ1) is 65.7. The van der Waals surface area contributed by atoms with Gasteiger partial charge in [-0.3, -0.25) is 13.8 Å². The first-order valence-electron chi connectivity index (χ1n) is 28.1. The number of hydrogen-bond donors (Lipinski definition) is 2. The molecule has 0 radical (unpaired) electrons. The maximum atomic E-state index is 12.7. The van der Waals surface area contributed by atoms with Crippen molar-refractivity contribution in [3.8, 4) is 0 Å². The maximum absolute atomic E-state index is 12.7. The van der Waals surface area contributed by atoms with Crippen molar-refractivity contribution in [1.29, 1.82) is 0 Å². The molecule has 0 saturated carbocycles. The first-order chi connectivity index (χ1) is 33.4. The Morgan fingerprint density at radius 1 is 0.456 bits per heavy atom. The van der Waals surface area contributed by atoms with Crippen LogP contribution >= 0.6 is 7.82 Å². The van der Waals surface area contributed by atoms with Crippen molar-refractivity contribution in [2.45, 2.75) is 251 Å². The third-order valence-electron chi connectivity index (χ3n) is 11.8. The van der Waals surface area contributed by atoms with Crippen LogP contribution in [0.25, 0.3) is 0 Å². The summed E-state index contributed by atoms with van der Waals surface area (Å²) in [6.07, 6.45) is 73.6. The summed E-state index contributed by atoms with van der Waals surface area (Å²) in [5.74, 6) is -0.344. The molecule has 0 saturated heterocycles. The Morgan fingerprint density at radius 2 is 0.824 bits per heavy atom. The quantitative estimate of drug-likeness (QED) is 0.0268. The van der Waals surface area contributed by atoms with Crippen molar-refractivity contribution in [2.24, 2.45) is 5.73 Å². The van der Waals surface area contributed by atoms with Gasteiger partial charge in [0.15, 0.2) is 0 Å². The molecule has 8 nitrogen and oxygen atoms in total. The molecule has 0 fully saturated rings. The number of phosphoric ester groups is 1. The molecule has 0 amide bonds. The summed E-state index contributed by atoms with van der Waals surface area (Å²) in [6.45, 7) is 4.72. The molecule has 0 rings (SSSR count). The topological polar surface area (TPSA) is 117 Å². The lowest BCUT2D eigenvalue weighted by Gasteiger charge is -2.20. The highest BCUT2D eigenvalue weighted by Gasteiger charge is 2.25. The smallest absolute Gasteiger partial charge is 0.457 e. The summed E-state index contributed by atoms with van der Waals surface area (Å²) >= 11 is 0. The summed E-state index contributed by atoms with van der Waals surface area (Å²) in [6, 6.07) is 0. The van der Waals surface area contributed by atoms with Crippen molar-refractivity contribution in [2.75, 3.05) is 33.0 Å². The van der Waals surface area contributed by atoms with Crippen molar-refractivity contribution >= 4 is 13.8 Å². The molecule has 0 aromatic rings. The predicted octanol–water partition coefficient (Wildman–Crippen LogP) is 18.0. The lowest BCUT2D eigenvalue weighted by atomic mass is 10.0. The summed E-state index contributed by atoms with van der Waals surface area (Å²) in [7, 11) is -4.30. The van der Waals surface area contributed by atoms with E-state index in [1.807, 2.05) is 0 Å². The Bertz CT molecular complexity index is 1320. The zero-order valence-corrected chi connectivity index (χ0v) is 45.0. The van der Waals surface area contributed by atoms with Gasteiger partial charge in [0.05, 0.1) is 19.8 Å². The van der Waals surface area contributed by atoms with Gasteiger partial charge in [0.2, 0.25) is 0 Å². The molecule has 0 spiro atoms. The molecular formula is C59H106NO7P. The molecule has 0 aliphatic heterocycles. The number of ether oxygens (including phenoxy) is 2. The Morgan fingerprint density at radius 3 is 1.21 bits per heavy atom. The van der Waals surface area contributed by atoms with Gasteiger partial charge in [-0.2, -0.15) is 0 Å². The van der Waals surface area contributed by atoms with Crippen molar-refractivity contribution in [3.05, 3.63) is 85.1 Å². The van der Waals surface area contributed by atoms with E-state index in [-0.39, 0.29) is 32.3 Å². The van der Waals surface area contributed by atoms with Crippen LogP contribution in [0.2, 0.25) is 0 Å². The minimum atomic E-state index is -4.30. The molecule has 3 N–H and O–H groups in total. The van der Waals surface area contributed by atoms with Crippen LogP contribution in [0, 0.1) is 0 Å². The number of rotatable bonds is 53. The van der Waals surface area contributed by atoms with Gasteiger partial charge < -0.3 is 20.1 Å². The second kappa shape index (κ2) is 55.6. The normalized spacial score (nSPS) is 13.9. The van der Waals surface area contributed by atoms with Crippen molar-refractivity contribution < 1.29 is 32.8 Å². The summed E-state index contributed by atoms with van der Waals surface area (Å²) in [5.41, 5.74) is 5.40. The van der Waals surface area contributed by atoms with E-state index in [2.05, 4.69) is 98.9 Å². The molecule has 2 unspecified atom stereocenters. The molecule has 0 aromatic carbocycles. The predicted molar refractivity (Wildman–Crippen MR) is 293 cm³/mol. The maximum Gasteiger partial charge on any atom is 0.472 e. The van der Waals surface area contributed by atoms with Crippen LogP contribution < -0.4 is 5.73 Å². The second-order valence-electron chi connectivity index (χ2n) is 18.4. The van der Waals surface area contributed by atoms with Gasteiger partial charge in [-0.05, 0) is 70.6 Å². The SMILES string of the molecule is CC/C=C\C/C=C\C/C=C\C/C=C\C/C=C\C/C=C\C/C=C\CCCCOCC(COP(=O)(O)OCCN)OC(=O)CCCCCCCCCCCCCCCCCCCCCCCCCCC. The molecular weight excluding hydrogens is 866 g/mol. The lowest BCUT2D eigenvalue weighted by Crippen LogP contribution is -2.28. The number of hydrogen-bond acceptors (Lipinski definition) is 7. The second-order valence-corrected chi connectivity index (χ2v) is 19.9. The van der Waals surface area contributed by atoms with Crippen LogP contribution in [0.1, 0.15) is 245 Å². The number of phosphoric acid groups is 1. The number of unbranched alkanes of at least 4 members (excludes halogenated alkanes) is 26. The molecule has 0 aromatic heterocycles. The first-order valence-corrected chi connectivity index (χ1v) is 29.6. The van der Waals surface area contributed by atoms with E-state index in [0.29, 0.717) is 13.0 Å². The average molecular weight is 972 g/mol. The third kappa shape index (κ3) is 54.6. The Labute approximate surface area is 419 Å². The lowest BCUT2D eigenvalue weighted by molar-refractivity contribution is -0.154. The van der Waals surface area contributed by atoms with E-state index in [1.165, 1.54) is 141 Å². The number of carbonyl (C=O) groups excluding carboxylic acids is 1. The largest absolute Gasteiger partial charge is 0.472 e. The fourth-order valence-electron chi connectivity index (χ4n) is 7.74. The number of allylic oxidation sites excluding steroid dienone is 14. The fourth-order valence-corrected chi connectivity index (χ4v) is 8.51. The number of nitrogens with two attached hydrogens (primary N) is 1. The van der Waals surface area contributed by atoms with Crippen LogP contribution in [0.4, 0.5) is 0 Å². The minimum absolute atomic E-state index is 0.0840. The number of carbonyl (C=O) groups is 1. The molecule has 68 heavy (non-hydrogen) atoms. The van der Waals surface area contributed by atoms with Gasteiger partial charge in [-0.15, -0.1) is 0 Å². The molecule has 0 bridgehead atoms. The van der Waals surface area contributed by atoms with Gasteiger partial charge >= 0.3 is 13.8 Å². The highest BCUT2D eigenvalue weighted by atomic mass is 31.2. The molecule has 9 heteroatoms. The van der Waals surface area contributed by atoms with Crippen LogP contribution in [0.15, 0.2) is 85.1 Å². The van der Waals surface area contributed by atoms with Crippen LogP contribution in [0.5, 0.6) is 0 Å². The van der Waals surface area contributed by atoms with Gasteiger partial charge in [-0.25, -0.2) is 4.57 Å². The average Bonchev–Trinajstić information content (AvgIpc) is 3.33. The highest BCUT2D eigenvalue weighted by molar-refractivity contribution is 7.47. The minimum Gasteiger partial charge on any atom is -0.457 e. The van der Waals surface area contributed by atoms with E-state index >= 15 is 0 Å². The van der Waals surface area contributed by atoms with Crippen LogP contribution in [0.3, 0.4) is 0 Å². The van der Waals surface area contributed by atoms with E-state index in [9.17, 15) is 14.3 Å². The number of esters is 1. The Kier molecular flexibility index (Phi) is 53.7. The highest BCUT2D eigenvalue weighted by Crippen LogP contribution is 2.43. The summed E-state index contributed by atoms with van der Waals surface area (Å²) in [5, 5.41) is 0. The van der Waals surface area contributed by atoms with Crippen molar-refractivity contribution in [3.63, 3.8) is 0 Å². The zero-order chi connectivity index (χ0) is 49.4. The monoisotopic (exact) mass is 972 g/mol. The molecule has 2 atom stereocenters. The van der Waals surface area contributed by atoms with Gasteiger partial charge in [-0.1, -0.05) is 253 Å². The van der Waals surface area contributed by atoms with Crippen molar-refractivity contribution in [1.82, 2.24) is 0 Å². The Balaban J connectivity index is 3.98. The summed E-state index contributed by atoms with van der Waals surface area (Å²) < 4.78 is 33.6. The standard InChI is InChI=1S/C59H106NO7P/c1-3-5-7-9-11-13-15-17-19-21-23-25-27-29-30-32-34-36-38-40-42-44-46-48-50-52-59(61)67-58(57-66-68(62,63)65-55-53-60)56-64-54-51-49-47-45-43-41-39-37-35-33-31-28-26-24-22-20-18-16-14-12-10-8-6-4-2/h6,8,12,14,18,20,24,26,31,33,37,39,43,45,58H,3-5,7,9-11,13,15-17,19,21-23,25,27-30,32,34-36,38,40-42,44,46-57,60H2,1-2H3,(H,62,63)/b8-6-,14-12-,20-18-,26-24-,33-31-,39-37-,45-43-. The van der Waals surface area contributed by atoms with Crippen LogP contribution in [-0.2, 0) is 27.9 Å². The summed E-state index contributed by atoms with van der Waals surface area (Å²) in [4.78, 5) is 22.7. The molecule has 0 aliphatic carbocycles. The van der Waals surface area contributed by atoms with E-state index in [4.69, 9.17) is 24.3 Å². The van der Waals surface area contributed by atoms with E-state index in [0.717, 1.165) is 83.5 Å². The Hall–Kier alpha value is -2.32. The molecule has 0 heterocycles. The van der Waals surface area contributed by atoms with Crippen LogP contribution in [-0.4, -0.2) is 49.9 Å². The molecule has 0 aliphatic rings. The fraction of sp³-hybridized carbons (Fsp3) is 0.746. The van der Waals surface area contributed by atoms with Gasteiger partial charge in [0, 0.05) is 19.6 Å². The third-order valence-corrected chi connectivity index (χ3v) is 12.8. The van der Waals surface area contributed by atoms with E-state index < -0.39 is 13.9 Å².